The van der Waals surface area contributed by atoms with E-state index in [9.17, 15) is 4.79 Å². The highest BCUT2D eigenvalue weighted by Crippen LogP contribution is 2.13. The normalized spacial score (nSPS) is 10.6. The van der Waals surface area contributed by atoms with Gasteiger partial charge in [0.25, 0.3) is 0 Å². The van der Waals surface area contributed by atoms with Crippen molar-refractivity contribution in [2.24, 2.45) is 0 Å². The Hall–Kier alpha value is -1.12. The largest absolute Gasteiger partial charge is 0.273 e. The lowest BCUT2D eigenvalue weighted by Crippen LogP contribution is -2.13. The van der Waals surface area contributed by atoms with E-state index in [-0.39, 0.29) is 5.91 Å². The fourth-order valence-corrected chi connectivity index (χ4v) is 1.75. The molecule has 0 aliphatic rings. The van der Waals surface area contributed by atoms with Gasteiger partial charge in [-0.2, -0.15) is 5.10 Å². The standard InChI is InChI=1S/C11H18N2O/c1-5-7-11(14)13-9(4)10(6-2)8(3)12-13/h5-7H2,1-4H3. The molecule has 0 bridgehead atoms. The van der Waals surface area contributed by atoms with Gasteiger partial charge in [-0.05, 0) is 32.3 Å². The average molecular weight is 194 g/mol. The Bertz CT molecular complexity index is 339. The number of aromatic nitrogens is 2. The monoisotopic (exact) mass is 194 g/mol. The van der Waals surface area contributed by atoms with E-state index in [1.54, 1.807) is 4.68 Å². The maximum atomic E-state index is 11.6. The number of hydrogen-bond acceptors (Lipinski definition) is 2. The van der Waals surface area contributed by atoms with Gasteiger partial charge in [0.2, 0.25) is 5.91 Å². The van der Waals surface area contributed by atoms with Crippen LogP contribution in [0.3, 0.4) is 0 Å². The minimum absolute atomic E-state index is 0.104. The molecule has 0 radical (unpaired) electrons. The zero-order valence-corrected chi connectivity index (χ0v) is 9.42. The summed E-state index contributed by atoms with van der Waals surface area (Å²) in [5.74, 6) is 0.104. The summed E-state index contributed by atoms with van der Waals surface area (Å²) in [6, 6.07) is 0. The lowest BCUT2D eigenvalue weighted by atomic mass is 10.1. The van der Waals surface area contributed by atoms with Crippen LogP contribution in [0, 0.1) is 13.8 Å². The molecule has 1 aromatic heterocycles. The van der Waals surface area contributed by atoms with Gasteiger partial charge in [0, 0.05) is 12.1 Å². The SMILES string of the molecule is CCCC(=O)n1nc(C)c(CC)c1C. The molecule has 14 heavy (non-hydrogen) atoms. The molecule has 0 atom stereocenters. The van der Waals surface area contributed by atoms with Crippen LogP contribution in [-0.2, 0) is 6.42 Å². The Morgan fingerprint density at radius 1 is 1.36 bits per heavy atom. The molecule has 1 aromatic rings. The molecule has 0 saturated heterocycles. The van der Waals surface area contributed by atoms with E-state index in [0.717, 1.165) is 24.2 Å². The van der Waals surface area contributed by atoms with Gasteiger partial charge in [-0.1, -0.05) is 13.8 Å². The zero-order chi connectivity index (χ0) is 10.7. The third kappa shape index (κ3) is 1.86. The number of rotatable bonds is 3. The van der Waals surface area contributed by atoms with Crippen molar-refractivity contribution in [1.29, 1.82) is 0 Å². The summed E-state index contributed by atoms with van der Waals surface area (Å²) in [5, 5.41) is 4.27. The molecule has 0 saturated carbocycles. The van der Waals surface area contributed by atoms with Crippen molar-refractivity contribution < 1.29 is 4.79 Å². The van der Waals surface area contributed by atoms with Crippen LogP contribution in [0.5, 0.6) is 0 Å². The average Bonchev–Trinajstić information content (AvgIpc) is 2.42. The molecule has 0 aliphatic heterocycles. The van der Waals surface area contributed by atoms with Crippen molar-refractivity contribution in [1.82, 2.24) is 9.78 Å². The molecule has 0 fully saturated rings. The van der Waals surface area contributed by atoms with Crippen LogP contribution in [0.15, 0.2) is 0 Å². The van der Waals surface area contributed by atoms with Crippen molar-refractivity contribution in [2.75, 3.05) is 0 Å². The Morgan fingerprint density at radius 3 is 2.43 bits per heavy atom. The van der Waals surface area contributed by atoms with Gasteiger partial charge in [0.1, 0.15) is 0 Å². The van der Waals surface area contributed by atoms with Gasteiger partial charge < -0.3 is 0 Å². The first-order valence-electron chi connectivity index (χ1n) is 5.20. The van der Waals surface area contributed by atoms with Crippen LogP contribution >= 0.6 is 0 Å². The van der Waals surface area contributed by atoms with Crippen LogP contribution in [0.4, 0.5) is 0 Å². The zero-order valence-electron chi connectivity index (χ0n) is 9.42. The second kappa shape index (κ2) is 4.40. The minimum atomic E-state index is 0.104. The van der Waals surface area contributed by atoms with Crippen molar-refractivity contribution >= 4 is 5.91 Å². The molecule has 3 heteroatoms. The molecule has 1 heterocycles. The molecule has 1 rings (SSSR count). The van der Waals surface area contributed by atoms with Gasteiger partial charge in [0.15, 0.2) is 0 Å². The Labute approximate surface area is 85.1 Å². The van der Waals surface area contributed by atoms with Crippen LogP contribution in [0.1, 0.15) is 48.4 Å². The van der Waals surface area contributed by atoms with Gasteiger partial charge in [0.05, 0.1) is 5.69 Å². The highest BCUT2D eigenvalue weighted by molar-refractivity contribution is 5.79. The fourth-order valence-electron chi connectivity index (χ4n) is 1.75. The Balaban J connectivity index is 3.04. The van der Waals surface area contributed by atoms with Gasteiger partial charge >= 0.3 is 0 Å². The maximum absolute atomic E-state index is 11.6. The van der Waals surface area contributed by atoms with Gasteiger partial charge in [-0.15, -0.1) is 0 Å². The summed E-state index contributed by atoms with van der Waals surface area (Å²) in [6.45, 7) is 8.02. The summed E-state index contributed by atoms with van der Waals surface area (Å²) in [4.78, 5) is 11.6. The maximum Gasteiger partial charge on any atom is 0.247 e. The summed E-state index contributed by atoms with van der Waals surface area (Å²) < 4.78 is 1.55. The second-order valence-electron chi connectivity index (χ2n) is 3.56. The first kappa shape index (κ1) is 11.0. The van der Waals surface area contributed by atoms with E-state index in [1.165, 1.54) is 5.56 Å². The van der Waals surface area contributed by atoms with E-state index in [2.05, 4.69) is 12.0 Å². The quantitative estimate of drug-likeness (QED) is 0.741. The molecule has 0 unspecified atom stereocenters. The lowest BCUT2D eigenvalue weighted by molar-refractivity contribution is 0.0883. The molecule has 0 N–H and O–H groups in total. The summed E-state index contributed by atoms with van der Waals surface area (Å²) in [5.41, 5.74) is 3.19. The summed E-state index contributed by atoms with van der Waals surface area (Å²) >= 11 is 0. The third-order valence-corrected chi connectivity index (χ3v) is 2.49. The van der Waals surface area contributed by atoms with E-state index in [4.69, 9.17) is 0 Å². The van der Waals surface area contributed by atoms with E-state index in [1.807, 2.05) is 20.8 Å². The number of aryl methyl sites for hydroxylation is 1. The second-order valence-corrected chi connectivity index (χ2v) is 3.56. The Morgan fingerprint density at radius 2 is 2.00 bits per heavy atom. The molecular weight excluding hydrogens is 176 g/mol. The van der Waals surface area contributed by atoms with Crippen LogP contribution in [0.25, 0.3) is 0 Å². The summed E-state index contributed by atoms with van der Waals surface area (Å²) in [6.07, 6.45) is 2.39. The van der Waals surface area contributed by atoms with E-state index < -0.39 is 0 Å². The molecule has 0 aromatic carbocycles. The van der Waals surface area contributed by atoms with E-state index >= 15 is 0 Å². The predicted octanol–water partition coefficient (Wildman–Crippen LogP) is 2.50. The van der Waals surface area contributed by atoms with Crippen molar-refractivity contribution in [2.45, 2.75) is 47.0 Å². The number of carbonyl (C=O) groups excluding carboxylic acids is 1. The van der Waals surface area contributed by atoms with Crippen LogP contribution in [0.2, 0.25) is 0 Å². The molecular formula is C11H18N2O. The van der Waals surface area contributed by atoms with E-state index in [0.29, 0.717) is 6.42 Å². The molecule has 3 nitrogen and oxygen atoms in total. The van der Waals surface area contributed by atoms with Crippen molar-refractivity contribution in [3.8, 4) is 0 Å². The number of nitrogens with zero attached hydrogens (tertiary/aromatic N) is 2. The third-order valence-electron chi connectivity index (χ3n) is 2.49. The highest BCUT2D eigenvalue weighted by Gasteiger charge is 2.13. The van der Waals surface area contributed by atoms with Crippen molar-refractivity contribution in [3.63, 3.8) is 0 Å². The highest BCUT2D eigenvalue weighted by atomic mass is 16.2. The van der Waals surface area contributed by atoms with Crippen LogP contribution < -0.4 is 0 Å². The minimum Gasteiger partial charge on any atom is -0.273 e. The molecule has 0 spiro atoms. The number of carbonyl (C=O) groups is 1. The molecule has 78 valence electrons. The lowest BCUT2D eigenvalue weighted by Gasteiger charge is -2.01. The van der Waals surface area contributed by atoms with Gasteiger partial charge in [-0.3, -0.25) is 4.79 Å². The first-order valence-corrected chi connectivity index (χ1v) is 5.20. The van der Waals surface area contributed by atoms with Gasteiger partial charge in [-0.25, -0.2) is 4.68 Å². The molecule has 0 amide bonds. The molecule has 0 aliphatic carbocycles. The number of hydrogen-bond donors (Lipinski definition) is 0. The summed E-state index contributed by atoms with van der Waals surface area (Å²) in [7, 11) is 0. The fraction of sp³-hybridized carbons (Fsp3) is 0.636. The van der Waals surface area contributed by atoms with Crippen molar-refractivity contribution in [3.05, 3.63) is 17.0 Å². The Kier molecular flexibility index (Phi) is 3.44. The van der Waals surface area contributed by atoms with Crippen LogP contribution in [-0.4, -0.2) is 15.7 Å². The smallest absolute Gasteiger partial charge is 0.247 e. The predicted molar refractivity (Wildman–Crippen MR) is 56.6 cm³/mol. The topological polar surface area (TPSA) is 34.9 Å². The first-order chi connectivity index (χ1) is 6.61.